The van der Waals surface area contributed by atoms with Crippen molar-refractivity contribution in [1.29, 1.82) is 0 Å². The van der Waals surface area contributed by atoms with Crippen LogP contribution in [0.1, 0.15) is 5.56 Å². The number of rotatable bonds is 3. The van der Waals surface area contributed by atoms with E-state index in [-0.39, 0.29) is 0 Å². The standard InChI is InChI=1S/C18H17N3/c1-21(2)19-13-12-16-15-10-6-7-11-17(15)20-18(16)14-8-4-3-5-9-14/h3-13H,1-2H3/p+1. The second-order valence-electron chi connectivity index (χ2n) is 5.10. The van der Waals surface area contributed by atoms with Gasteiger partial charge < -0.3 is 4.98 Å². The molecule has 104 valence electrons. The molecule has 0 amide bonds. The molecule has 0 fully saturated rings. The van der Waals surface area contributed by atoms with Crippen LogP contribution in [-0.2, 0) is 0 Å². The number of aromatic amines is 1. The van der Waals surface area contributed by atoms with E-state index in [0.717, 1.165) is 11.2 Å². The van der Waals surface area contributed by atoms with Gasteiger partial charge in [0.15, 0.2) is 14.1 Å². The molecular weight excluding hydrogens is 258 g/mol. The number of nitrogens with zero attached hydrogens (tertiary/aromatic N) is 2. The topological polar surface area (TPSA) is 31.2 Å². The molecule has 1 aromatic heterocycles. The van der Waals surface area contributed by atoms with Crippen LogP contribution in [0.3, 0.4) is 0 Å². The van der Waals surface area contributed by atoms with Gasteiger partial charge in [-0.25, -0.2) is 0 Å². The van der Waals surface area contributed by atoms with Crippen molar-refractivity contribution in [1.82, 2.24) is 4.98 Å². The average Bonchev–Trinajstić information content (AvgIpc) is 2.87. The normalized spacial score (nSPS) is 11.1. The maximum Gasteiger partial charge on any atom is 0.158 e. The Labute approximate surface area is 124 Å². The third-order valence-corrected chi connectivity index (χ3v) is 3.35. The second kappa shape index (κ2) is 5.75. The van der Waals surface area contributed by atoms with E-state index >= 15 is 0 Å². The first-order valence-electron chi connectivity index (χ1n) is 6.96. The highest BCUT2D eigenvalue weighted by molar-refractivity contribution is 5.96. The van der Waals surface area contributed by atoms with Gasteiger partial charge in [-0.05, 0) is 22.8 Å². The summed E-state index contributed by atoms with van der Waals surface area (Å²) in [6, 6.07) is 18.7. The molecule has 3 nitrogen and oxygen atoms in total. The van der Waals surface area contributed by atoms with Gasteiger partial charge in [-0.1, -0.05) is 48.5 Å². The molecular formula is C18H18N3+. The van der Waals surface area contributed by atoms with Crippen LogP contribution in [0, 0.1) is 0 Å². The fraction of sp³-hybridized carbons (Fsp3) is 0.111. The smallest absolute Gasteiger partial charge is 0.158 e. The Morgan fingerprint density at radius 1 is 0.952 bits per heavy atom. The number of hydrogen-bond donors (Lipinski definition) is 1. The van der Waals surface area contributed by atoms with Gasteiger partial charge in [0.25, 0.3) is 0 Å². The zero-order valence-electron chi connectivity index (χ0n) is 12.2. The fourth-order valence-corrected chi connectivity index (χ4v) is 2.41. The number of aromatic nitrogens is 1. The number of benzene rings is 2. The lowest BCUT2D eigenvalue weighted by atomic mass is 10.1. The molecule has 3 rings (SSSR count). The van der Waals surface area contributed by atoms with Gasteiger partial charge in [-0.3, -0.25) is 0 Å². The highest BCUT2D eigenvalue weighted by Gasteiger charge is 2.10. The van der Waals surface area contributed by atoms with Crippen molar-refractivity contribution in [2.24, 2.45) is 5.11 Å². The van der Waals surface area contributed by atoms with E-state index in [2.05, 4.69) is 58.6 Å². The third-order valence-electron chi connectivity index (χ3n) is 3.35. The molecule has 0 saturated carbocycles. The summed E-state index contributed by atoms with van der Waals surface area (Å²) >= 11 is 0. The Balaban J connectivity index is 2.19. The first-order chi connectivity index (χ1) is 10.3. The van der Waals surface area contributed by atoms with E-state index in [1.807, 2.05) is 32.4 Å². The summed E-state index contributed by atoms with van der Waals surface area (Å²) in [6.07, 6.45) is 3.89. The summed E-state index contributed by atoms with van der Waals surface area (Å²) in [5.74, 6) is 0. The van der Waals surface area contributed by atoms with Crippen LogP contribution in [0.25, 0.3) is 28.2 Å². The Bertz CT molecular complexity index is 807. The molecule has 0 unspecified atom stereocenters. The monoisotopic (exact) mass is 276 g/mol. The maximum atomic E-state index is 4.28. The van der Waals surface area contributed by atoms with E-state index in [0.29, 0.717) is 0 Å². The summed E-state index contributed by atoms with van der Waals surface area (Å²) in [4.78, 5) is 3.51. The van der Waals surface area contributed by atoms with Crippen LogP contribution in [0.5, 0.6) is 0 Å². The zero-order valence-corrected chi connectivity index (χ0v) is 12.2. The minimum atomic E-state index is 1.13. The van der Waals surface area contributed by atoms with Crippen LogP contribution in [0.15, 0.2) is 65.9 Å². The summed E-state index contributed by atoms with van der Waals surface area (Å²) in [7, 11) is 3.83. The predicted octanol–water partition coefficient (Wildman–Crippen LogP) is 4.53. The number of nitrogens with one attached hydrogen (secondary N) is 1. The molecule has 1 heterocycles. The van der Waals surface area contributed by atoms with E-state index in [4.69, 9.17) is 0 Å². The van der Waals surface area contributed by atoms with Crippen LogP contribution >= 0.6 is 0 Å². The lowest BCUT2D eigenvalue weighted by Gasteiger charge is -2.00. The van der Waals surface area contributed by atoms with Gasteiger partial charge >= 0.3 is 0 Å². The van der Waals surface area contributed by atoms with E-state index < -0.39 is 0 Å². The van der Waals surface area contributed by atoms with Gasteiger partial charge in [-0.15, -0.1) is 4.70 Å². The molecule has 0 aliphatic heterocycles. The average molecular weight is 276 g/mol. The third kappa shape index (κ3) is 2.77. The molecule has 21 heavy (non-hydrogen) atoms. The largest absolute Gasteiger partial charge is 0.354 e. The highest BCUT2D eigenvalue weighted by atomic mass is 15.2. The minimum Gasteiger partial charge on any atom is -0.354 e. The van der Waals surface area contributed by atoms with Crippen LogP contribution < -0.4 is 0 Å². The Morgan fingerprint density at radius 2 is 1.67 bits per heavy atom. The molecule has 0 atom stereocenters. The quantitative estimate of drug-likeness (QED) is 0.538. The maximum absolute atomic E-state index is 4.28. The van der Waals surface area contributed by atoms with Crippen LogP contribution in [0.2, 0.25) is 0 Å². The molecule has 0 saturated heterocycles. The summed E-state index contributed by atoms with van der Waals surface area (Å²) < 4.78 is 1.79. The first-order valence-corrected chi connectivity index (χ1v) is 6.96. The number of fused-ring (bicyclic) bond motifs is 1. The van der Waals surface area contributed by atoms with Gasteiger partial charge in [-0.2, -0.15) is 0 Å². The van der Waals surface area contributed by atoms with Crippen molar-refractivity contribution in [3.05, 3.63) is 66.4 Å². The molecule has 3 heteroatoms. The van der Waals surface area contributed by atoms with Crippen molar-refractivity contribution >= 4 is 17.0 Å². The summed E-state index contributed by atoms with van der Waals surface area (Å²) in [5, 5.41) is 5.49. The van der Waals surface area contributed by atoms with Crippen LogP contribution in [0.4, 0.5) is 0 Å². The first kappa shape index (κ1) is 13.3. The minimum absolute atomic E-state index is 1.13. The Hall–Kier alpha value is -2.68. The Kier molecular flexibility index (Phi) is 3.65. The van der Waals surface area contributed by atoms with Crippen molar-refractivity contribution in [2.45, 2.75) is 0 Å². The van der Waals surface area contributed by atoms with E-state index in [1.54, 1.807) is 4.70 Å². The van der Waals surface area contributed by atoms with E-state index in [1.165, 1.54) is 16.5 Å². The van der Waals surface area contributed by atoms with E-state index in [9.17, 15) is 0 Å². The molecule has 0 aliphatic carbocycles. The number of azo groups is 2. The highest BCUT2D eigenvalue weighted by Crippen LogP contribution is 2.31. The number of para-hydroxylation sites is 1. The molecule has 1 N–H and O–H groups in total. The molecule has 0 radical (unpaired) electrons. The number of H-pyrrole nitrogens is 1. The predicted molar refractivity (Wildman–Crippen MR) is 87.3 cm³/mol. The lowest BCUT2D eigenvalue weighted by molar-refractivity contribution is -0.533. The SMILES string of the molecule is C[N+](C)=N/C=C/c1c(-c2ccccc2)[nH]c2ccccc12. The number of hydrogen-bond acceptors (Lipinski definition) is 1. The molecule has 0 spiro atoms. The van der Waals surface area contributed by atoms with Crippen molar-refractivity contribution in [2.75, 3.05) is 14.1 Å². The van der Waals surface area contributed by atoms with Gasteiger partial charge in [0.2, 0.25) is 0 Å². The molecule has 0 bridgehead atoms. The van der Waals surface area contributed by atoms with Gasteiger partial charge in [0.05, 0.1) is 11.9 Å². The summed E-state index contributed by atoms with van der Waals surface area (Å²) in [5.41, 5.74) is 4.61. The summed E-state index contributed by atoms with van der Waals surface area (Å²) in [6.45, 7) is 0. The van der Waals surface area contributed by atoms with Crippen LogP contribution in [-0.4, -0.2) is 23.8 Å². The molecule has 3 aromatic rings. The second-order valence-corrected chi connectivity index (χ2v) is 5.10. The van der Waals surface area contributed by atoms with Crippen molar-refractivity contribution in [3.8, 4) is 11.3 Å². The van der Waals surface area contributed by atoms with Gasteiger partial charge in [0, 0.05) is 16.5 Å². The lowest BCUT2D eigenvalue weighted by Crippen LogP contribution is -1.88. The zero-order chi connectivity index (χ0) is 14.7. The fourth-order valence-electron chi connectivity index (χ4n) is 2.41. The van der Waals surface area contributed by atoms with Crippen molar-refractivity contribution in [3.63, 3.8) is 0 Å². The Morgan fingerprint density at radius 3 is 2.43 bits per heavy atom. The van der Waals surface area contributed by atoms with Crippen molar-refractivity contribution < 1.29 is 4.70 Å². The molecule has 2 aromatic carbocycles. The van der Waals surface area contributed by atoms with Gasteiger partial charge in [0.1, 0.15) is 0 Å². The molecule has 0 aliphatic rings.